The lowest BCUT2D eigenvalue weighted by atomic mass is 10.1. The van der Waals surface area contributed by atoms with Gasteiger partial charge in [-0.15, -0.1) is 0 Å². The summed E-state index contributed by atoms with van der Waals surface area (Å²) < 4.78 is 0. The molecule has 0 aromatic carbocycles. The molecule has 4 N–H and O–H groups in total. The fraction of sp³-hybridized carbons (Fsp3) is 0.941. The Balaban J connectivity index is 2.94. The summed E-state index contributed by atoms with van der Waals surface area (Å²) in [5.41, 5.74) is 5.29. The lowest BCUT2D eigenvalue weighted by Crippen LogP contribution is -2.22. The number of amidine groups is 1. The van der Waals surface area contributed by atoms with Crippen LogP contribution >= 0.6 is 0 Å². The number of nitrogens with one attached hydrogen (secondary N) is 2. The fourth-order valence-corrected chi connectivity index (χ4v) is 2.44. The average molecular weight is 284 g/mol. The Morgan fingerprint density at radius 3 is 1.65 bits per heavy atom. The zero-order valence-corrected chi connectivity index (χ0v) is 13.7. The fourth-order valence-electron chi connectivity index (χ4n) is 2.44. The molecular weight excluding hydrogens is 246 g/mol. The van der Waals surface area contributed by atoms with Crippen molar-refractivity contribution in [3.63, 3.8) is 0 Å². The molecule has 20 heavy (non-hydrogen) atoms. The second-order valence-corrected chi connectivity index (χ2v) is 5.91. The molecule has 0 radical (unpaired) electrons. The Bertz CT molecular complexity index is 204. The minimum atomic E-state index is 0.284. The number of nitrogens with two attached hydrogens (primary N) is 1. The first-order valence-corrected chi connectivity index (χ1v) is 8.81. The maximum Gasteiger partial charge on any atom is 0.0918 e. The van der Waals surface area contributed by atoms with E-state index in [1.54, 1.807) is 0 Å². The number of hydrogen-bond donors (Lipinski definition) is 3. The van der Waals surface area contributed by atoms with Crippen LogP contribution in [-0.4, -0.2) is 18.9 Å². The van der Waals surface area contributed by atoms with E-state index in [0.717, 1.165) is 13.1 Å². The molecule has 0 saturated heterocycles. The molecule has 0 spiro atoms. The van der Waals surface area contributed by atoms with E-state index in [4.69, 9.17) is 11.1 Å². The van der Waals surface area contributed by atoms with Crippen molar-refractivity contribution in [1.82, 2.24) is 5.32 Å². The molecule has 0 aromatic rings. The highest BCUT2D eigenvalue weighted by molar-refractivity contribution is 5.76. The highest BCUT2D eigenvalue weighted by Gasteiger charge is 1.94. The van der Waals surface area contributed by atoms with Crippen molar-refractivity contribution in [2.24, 2.45) is 5.73 Å². The van der Waals surface area contributed by atoms with Crippen LogP contribution in [0.15, 0.2) is 0 Å². The van der Waals surface area contributed by atoms with E-state index in [0.29, 0.717) is 6.42 Å². The molecule has 3 heteroatoms. The van der Waals surface area contributed by atoms with Gasteiger partial charge in [0.25, 0.3) is 0 Å². The quantitative estimate of drug-likeness (QED) is 0.220. The minimum absolute atomic E-state index is 0.284. The molecule has 120 valence electrons. The van der Waals surface area contributed by atoms with Crippen LogP contribution in [0.3, 0.4) is 0 Å². The van der Waals surface area contributed by atoms with Crippen LogP contribution in [0.1, 0.15) is 90.4 Å². The average Bonchev–Trinajstić information content (AvgIpc) is 2.43. The second-order valence-electron chi connectivity index (χ2n) is 5.91. The van der Waals surface area contributed by atoms with Crippen molar-refractivity contribution >= 4 is 5.84 Å². The zero-order valence-electron chi connectivity index (χ0n) is 13.7. The van der Waals surface area contributed by atoms with Crippen LogP contribution in [0.25, 0.3) is 0 Å². The van der Waals surface area contributed by atoms with E-state index < -0.39 is 0 Å². The summed E-state index contributed by atoms with van der Waals surface area (Å²) in [7, 11) is 0. The van der Waals surface area contributed by atoms with Crippen molar-refractivity contribution in [1.29, 1.82) is 5.41 Å². The van der Waals surface area contributed by atoms with Gasteiger partial charge in [0.1, 0.15) is 0 Å². The monoisotopic (exact) mass is 283 g/mol. The molecule has 0 saturated carbocycles. The molecule has 0 heterocycles. The summed E-state index contributed by atoms with van der Waals surface area (Å²) in [6, 6.07) is 0. The molecule has 0 aliphatic rings. The Kier molecular flexibility index (Phi) is 16.0. The molecular formula is C17H37N3. The van der Waals surface area contributed by atoms with E-state index >= 15 is 0 Å². The third-order valence-electron chi connectivity index (χ3n) is 3.78. The van der Waals surface area contributed by atoms with Crippen LogP contribution in [0.4, 0.5) is 0 Å². The third-order valence-corrected chi connectivity index (χ3v) is 3.78. The summed E-state index contributed by atoms with van der Waals surface area (Å²) in [6.07, 6.45) is 17.4. The smallest absolute Gasteiger partial charge is 0.0918 e. The standard InChI is InChI=1S/C17H37N3/c1-2-3-4-5-6-7-8-9-10-11-12-13-15-20-16-14-17(18)19/h20H,2-16H2,1H3,(H3,18,19). The molecule has 0 bridgehead atoms. The van der Waals surface area contributed by atoms with E-state index in [-0.39, 0.29) is 5.84 Å². The van der Waals surface area contributed by atoms with Gasteiger partial charge in [0.2, 0.25) is 0 Å². The van der Waals surface area contributed by atoms with E-state index in [2.05, 4.69) is 12.2 Å². The van der Waals surface area contributed by atoms with Crippen LogP contribution in [0.5, 0.6) is 0 Å². The largest absolute Gasteiger partial charge is 0.388 e. The van der Waals surface area contributed by atoms with Crippen molar-refractivity contribution < 1.29 is 0 Å². The number of hydrogen-bond acceptors (Lipinski definition) is 2. The Morgan fingerprint density at radius 1 is 0.750 bits per heavy atom. The van der Waals surface area contributed by atoms with Gasteiger partial charge >= 0.3 is 0 Å². The van der Waals surface area contributed by atoms with Gasteiger partial charge in [-0.3, -0.25) is 5.41 Å². The Labute approximate surface area is 126 Å². The molecule has 0 atom stereocenters. The third kappa shape index (κ3) is 17.4. The summed E-state index contributed by atoms with van der Waals surface area (Å²) in [5, 5.41) is 10.4. The molecule has 3 nitrogen and oxygen atoms in total. The van der Waals surface area contributed by atoms with Crippen LogP contribution in [-0.2, 0) is 0 Å². The van der Waals surface area contributed by atoms with Gasteiger partial charge in [0.15, 0.2) is 0 Å². The van der Waals surface area contributed by atoms with E-state index in [1.807, 2.05) is 0 Å². The highest BCUT2D eigenvalue weighted by atomic mass is 14.9. The van der Waals surface area contributed by atoms with Gasteiger partial charge in [-0.05, 0) is 13.0 Å². The number of unbranched alkanes of at least 4 members (excludes halogenated alkanes) is 11. The Morgan fingerprint density at radius 2 is 1.20 bits per heavy atom. The maximum atomic E-state index is 7.11. The van der Waals surface area contributed by atoms with Gasteiger partial charge < -0.3 is 11.1 Å². The summed E-state index contributed by atoms with van der Waals surface area (Å²) in [5.74, 6) is 0.284. The van der Waals surface area contributed by atoms with Gasteiger partial charge in [0.05, 0.1) is 5.84 Å². The first-order chi connectivity index (χ1) is 9.77. The molecule has 0 amide bonds. The highest BCUT2D eigenvalue weighted by Crippen LogP contribution is 2.11. The van der Waals surface area contributed by atoms with Crippen LogP contribution < -0.4 is 11.1 Å². The van der Waals surface area contributed by atoms with E-state index in [9.17, 15) is 0 Å². The first-order valence-electron chi connectivity index (χ1n) is 8.81. The van der Waals surface area contributed by atoms with Gasteiger partial charge in [-0.25, -0.2) is 0 Å². The molecule has 0 fully saturated rings. The predicted octanol–water partition coefficient (Wildman–Crippen LogP) is 4.60. The second kappa shape index (κ2) is 16.5. The van der Waals surface area contributed by atoms with Gasteiger partial charge in [-0.1, -0.05) is 77.6 Å². The number of rotatable bonds is 16. The molecule has 0 aliphatic heterocycles. The summed E-state index contributed by atoms with van der Waals surface area (Å²) in [6.45, 7) is 4.21. The van der Waals surface area contributed by atoms with Crippen LogP contribution in [0.2, 0.25) is 0 Å². The maximum absolute atomic E-state index is 7.11. The lowest BCUT2D eigenvalue weighted by molar-refractivity contribution is 0.536. The summed E-state index contributed by atoms with van der Waals surface area (Å²) in [4.78, 5) is 0. The van der Waals surface area contributed by atoms with Gasteiger partial charge in [0, 0.05) is 13.0 Å². The van der Waals surface area contributed by atoms with Crippen molar-refractivity contribution in [2.75, 3.05) is 13.1 Å². The SMILES string of the molecule is CCCCCCCCCCCCCCNCCC(=N)N. The summed E-state index contributed by atoms with van der Waals surface area (Å²) >= 11 is 0. The molecule has 0 rings (SSSR count). The predicted molar refractivity (Wildman–Crippen MR) is 90.5 cm³/mol. The van der Waals surface area contributed by atoms with Crippen molar-refractivity contribution in [2.45, 2.75) is 90.4 Å². The van der Waals surface area contributed by atoms with Crippen molar-refractivity contribution in [3.8, 4) is 0 Å². The Hall–Kier alpha value is -0.570. The molecule has 0 aliphatic carbocycles. The van der Waals surface area contributed by atoms with E-state index in [1.165, 1.54) is 77.0 Å². The molecule has 0 aromatic heterocycles. The topological polar surface area (TPSA) is 61.9 Å². The van der Waals surface area contributed by atoms with Crippen molar-refractivity contribution in [3.05, 3.63) is 0 Å². The van der Waals surface area contributed by atoms with Crippen LogP contribution in [0, 0.1) is 5.41 Å². The lowest BCUT2D eigenvalue weighted by Gasteiger charge is -2.04. The minimum Gasteiger partial charge on any atom is -0.388 e. The van der Waals surface area contributed by atoms with Gasteiger partial charge in [-0.2, -0.15) is 0 Å². The molecule has 0 unspecified atom stereocenters. The first kappa shape index (κ1) is 19.4. The zero-order chi connectivity index (χ0) is 14.9. The normalized spacial score (nSPS) is 10.8.